The molecule has 0 aliphatic carbocycles. The maximum Gasteiger partial charge on any atom is 0.352 e. The van der Waals surface area contributed by atoms with Gasteiger partial charge >= 0.3 is 11.4 Å². The van der Waals surface area contributed by atoms with Gasteiger partial charge in [0.1, 0.15) is 6.07 Å². The Morgan fingerprint density at radius 3 is 2.37 bits per heavy atom. The molecular formula is C16H18N7O4+. The topological polar surface area (TPSA) is 133 Å². The molecule has 0 atom stereocenters. The largest absolute Gasteiger partial charge is 0.352 e. The van der Waals surface area contributed by atoms with Crippen LogP contribution in [0.25, 0.3) is 0 Å². The van der Waals surface area contributed by atoms with Crippen molar-refractivity contribution in [1.82, 2.24) is 14.9 Å². The Labute approximate surface area is 154 Å². The van der Waals surface area contributed by atoms with Gasteiger partial charge in [-0.1, -0.05) is 6.07 Å². The first-order chi connectivity index (χ1) is 13.0. The Morgan fingerprint density at radius 2 is 1.78 bits per heavy atom. The average Bonchev–Trinajstić information content (AvgIpc) is 2.68. The summed E-state index contributed by atoms with van der Waals surface area (Å²) in [5.74, 6) is 0. The molecule has 0 amide bonds. The smallest absolute Gasteiger partial charge is 0.295 e. The summed E-state index contributed by atoms with van der Waals surface area (Å²) < 4.78 is 0. The van der Waals surface area contributed by atoms with Crippen LogP contribution in [0.4, 0.5) is 17.1 Å². The van der Waals surface area contributed by atoms with E-state index in [1.165, 1.54) is 12.1 Å². The van der Waals surface area contributed by atoms with Gasteiger partial charge in [-0.15, -0.1) is 0 Å². The lowest BCUT2D eigenvalue weighted by Crippen LogP contribution is -2.48. The summed E-state index contributed by atoms with van der Waals surface area (Å²) in [5, 5.41) is 23.8. The first kappa shape index (κ1) is 18.3. The number of hydrogen-bond donors (Lipinski definition) is 1. The second-order valence-electron chi connectivity index (χ2n) is 6.09. The molecule has 0 spiro atoms. The second kappa shape index (κ2) is 7.83. The Hall–Kier alpha value is -3.47. The fourth-order valence-corrected chi connectivity index (χ4v) is 2.95. The van der Waals surface area contributed by atoms with E-state index < -0.39 is 15.5 Å². The minimum absolute atomic E-state index is 0.00584. The van der Waals surface area contributed by atoms with E-state index >= 15 is 0 Å². The molecule has 1 fully saturated rings. The summed E-state index contributed by atoms with van der Waals surface area (Å²) >= 11 is 0. The molecule has 11 nitrogen and oxygen atoms in total. The molecular weight excluding hydrogens is 354 g/mol. The Bertz CT molecular complexity index is 866. The summed E-state index contributed by atoms with van der Waals surface area (Å²) in [6, 6.07) is 7.17. The van der Waals surface area contributed by atoms with E-state index in [1.807, 2.05) is 18.3 Å². The maximum absolute atomic E-state index is 11.3. The van der Waals surface area contributed by atoms with Crippen LogP contribution in [0.2, 0.25) is 0 Å². The van der Waals surface area contributed by atoms with E-state index in [-0.39, 0.29) is 11.4 Å². The summed E-state index contributed by atoms with van der Waals surface area (Å²) in [5.41, 5.74) is 8.53. The lowest BCUT2D eigenvalue weighted by atomic mass is 10.2. The average molecular weight is 372 g/mol. The van der Waals surface area contributed by atoms with Gasteiger partial charge in [0.25, 0.3) is 5.69 Å². The van der Waals surface area contributed by atoms with Crippen LogP contribution >= 0.6 is 0 Å². The predicted molar refractivity (Wildman–Crippen MR) is 93.5 cm³/mol. The Kier molecular flexibility index (Phi) is 5.31. The van der Waals surface area contributed by atoms with Gasteiger partial charge in [0, 0.05) is 49.0 Å². The molecule has 1 aromatic carbocycles. The fourth-order valence-electron chi connectivity index (χ4n) is 2.95. The third-order valence-electron chi connectivity index (χ3n) is 4.36. The monoisotopic (exact) mass is 372 g/mol. The van der Waals surface area contributed by atoms with Crippen LogP contribution in [0, 0.1) is 25.8 Å². The summed E-state index contributed by atoms with van der Waals surface area (Å²) in [4.78, 5) is 28.0. The highest BCUT2D eigenvalue weighted by Gasteiger charge is 2.33. The quantitative estimate of drug-likeness (QED) is 0.356. The van der Waals surface area contributed by atoms with Crippen molar-refractivity contribution in [3.05, 3.63) is 68.5 Å². The van der Waals surface area contributed by atoms with E-state index in [0.717, 1.165) is 23.0 Å². The zero-order valence-corrected chi connectivity index (χ0v) is 14.4. The molecule has 11 heteroatoms. The van der Waals surface area contributed by atoms with E-state index in [2.05, 4.69) is 9.88 Å². The molecule has 2 heterocycles. The van der Waals surface area contributed by atoms with Crippen LogP contribution in [-0.2, 0) is 6.54 Å². The molecule has 1 saturated heterocycles. The number of aromatic nitrogens is 1. The predicted octanol–water partition coefficient (Wildman–Crippen LogP) is 2.31. The molecule has 0 unspecified atom stereocenters. The summed E-state index contributed by atoms with van der Waals surface area (Å²) in [6.07, 6.45) is 3.53. The van der Waals surface area contributed by atoms with Crippen molar-refractivity contribution in [2.45, 2.75) is 6.54 Å². The van der Waals surface area contributed by atoms with Gasteiger partial charge in [0.05, 0.1) is 22.9 Å². The van der Waals surface area contributed by atoms with Crippen molar-refractivity contribution in [2.24, 2.45) is 0 Å². The third kappa shape index (κ3) is 4.20. The maximum atomic E-state index is 11.3. The molecule has 1 aliphatic heterocycles. The zero-order chi connectivity index (χ0) is 19.4. The highest BCUT2D eigenvalue weighted by Crippen LogP contribution is 2.31. The SMILES string of the molecule is N=[N+](c1ccc([N+](=O)[O-])cc1[N+](=O)[O-])N1CCN(Cc2cccnc2)CC1. The standard InChI is InChI=1S/C16H18N7O4/c17-21(15-4-3-14(22(24)25)10-16(15)23(26)27)20-8-6-19(7-9-20)12-13-2-1-5-18-11-13/h1-5,10-11,17H,6-9,12H2/q+1. The highest BCUT2D eigenvalue weighted by atomic mass is 16.6. The van der Waals surface area contributed by atoms with E-state index in [1.54, 1.807) is 11.2 Å². The molecule has 1 aromatic heterocycles. The lowest BCUT2D eigenvalue weighted by Gasteiger charge is -2.31. The van der Waals surface area contributed by atoms with Gasteiger partial charge in [0.15, 0.2) is 0 Å². The van der Waals surface area contributed by atoms with Gasteiger partial charge in [-0.2, -0.15) is 5.01 Å². The van der Waals surface area contributed by atoms with Crippen LogP contribution in [0.15, 0.2) is 42.7 Å². The van der Waals surface area contributed by atoms with Crippen molar-refractivity contribution in [2.75, 3.05) is 26.2 Å². The van der Waals surface area contributed by atoms with Crippen molar-refractivity contribution in [1.29, 1.82) is 5.53 Å². The van der Waals surface area contributed by atoms with Crippen molar-refractivity contribution < 1.29 is 14.7 Å². The minimum atomic E-state index is -0.706. The van der Waals surface area contributed by atoms with Gasteiger partial charge in [-0.3, -0.25) is 30.1 Å². The van der Waals surface area contributed by atoms with Gasteiger partial charge < -0.3 is 0 Å². The van der Waals surface area contributed by atoms with Crippen molar-refractivity contribution >= 4 is 17.1 Å². The normalized spacial score (nSPS) is 14.7. The Morgan fingerprint density at radius 1 is 1.04 bits per heavy atom. The van der Waals surface area contributed by atoms with Crippen LogP contribution in [-0.4, -0.2) is 55.7 Å². The number of hydrogen-bond acceptors (Lipinski definition) is 7. The number of rotatable bonds is 6. The number of pyridine rings is 1. The third-order valence-corrected chi connectivity index (χ3v) is 4.36. The molecule has 1 aliphatic rings. The number of non-ortho nitro benzene ring substituents is 1. The number of piperazine rings is 1. The van der Waals surface area contributed by atoms with E-state index in [4.69, 9.17) is 5.53 Å². The number of nitro groups is 2. The van der Waals surface area contributed by atoms with Crippen LogP contribution in [0.1, 0.15) is 5.56 Å². The fraction of sp³-hybridized carbons (Fsp3) is 0.312. The molecule has 140 valence electrons. The molecule has 0 bridgehead atoms. The van der Waals surface area contributed by atoms with Gasteiger partial charge in [0.2, 0.25) is 0 Å². The van der Waals surface area contributed by atoms with Crippen molar-refractivity contribution in [3.8, 4) is 0 Å². The lowest BCUT2D eigenvalue weighted by molar-refractivity contribution is -0.701. The van der Waals surface area contributed by atoms with Gasteiger partial charge in [-0.05, 0) is 17.2 Å². The van der Waals surface area contributed by atoms with Crippen molar-refractivity contribution in [3.63, 3.8) is 0 Å². The summed E-state index contributed by atoms with van der Waals surface area (Å²) in [7, 11) is 0. The number of nitrogens with one attached hydrogen (secondary N) is 1. The molecule has 2 aromatic rings. The molecule has 3 rings (SSSR count). The van der Waals surface area contributed by atoms with E-state index in [0.29, 0.717) is 26.2 Å². The first-order valence-electron chi connectivity index (χ1n) is 8.26. The number of nitrogens with zero attached hydrogens (tertiary/aromatic N) is 6. The van der Waals surface area contributed by atoms with Gasteiger partial charge in [-0.25, -0.2) is 0 Å². The Balaban J connectivity index is 1.69. The minimum Gasteiger partial charge on any atom is -0.295 e. The summed E-state index contributed by atoms with van der Waals surface area (Å²) in [6.45, 7) is 3.14. The zero-order valence-electron chi connectivity index (χ0n) is 14.4. The van der Waals surface area contributed by atoms with Crippen LogP contribution in [0.3, 0.4) is 0 Å². The molecule has 1 N–H and O–H groups in total. The number of benzene rings is 1. The second-order valence-corrected chi connectivity index (χ2v) is 6.09. The van der Waals surface area contributed by atoms with Crippen LogP contribution < -0.4 is 0 Å². The molecule has 0 saturated carbocycles. The number of nitro benzene ring substituents is 2. The number of hydrazine groups is 1. The molecule has 27 heavy (non-hydrogen) atoms. The van der Waals surface area contributed by atoms with Crippen LogP contribution in [0.5, 0.6) is 0 Å². The molecule has 0 radical (unpaired) electrons. The van der Waals surface area contributed by atoms with E-state index in [9.17, 15) is 20.2 Å². The first-order valence-corrected chi connectivity index (χ1v) is 8.26. The highest BCUT2D eigenvalue weighted by molar-refractivity contribution is 5.57.